The normalized spacial score (nSPS) is 11.1. The highest BCUT2D eigenvalue weighted by Crippen LogP contribution is 2.29. The molecular weight excluding hydrogens is 334 g/mol. The summed E-state index contributed by atoms with van der Waals surface area (Å²) in [6, 6.07) is 4.51. The molecule has 2 aromatic rings. The monoisotopic (exact) mass is 353 g/mol. The lowest BCUT2D eigenvalue weighted by Crippen LogP contribution is -2.22. The quantitative estimate of drug-likeness (QED) is 0.860. The van der Waals surface area contributed by atoms with E-state index >= 15 is 0 Å². The zero-order valence-electron chi connectivity index (χ0n) is 12.7. The van der Waals surface area contributed by atoms with Gasteiger partial charge in [-0.2, -0.15) is 0 Å². The molecule has 1 N–H and O–H groups in total. The number of halogens is 1. The molecule has 21 heavy (non-hydrogen) atoms. The van der Waals surface area contributed by atoms with Crippen molar-refractivity contribution in [1.29, 1.82) is 0 Å². The Kier molecular flexibility index (Phi) is 5.36. The molecule has 0 aliphatic rings. The molecule has 1 aromatic heterocycles. The van der Waals surface area contributed by atoms with Gasteiger partial charge in [0.2, 0.25) is 5.89 Å². The summed E-state index contributed by atoms with van der Waals surface area (Å²) in [7, 11) is 0. The zero-order valence-corrected chi connectivity index (χ0v) is 14.3. The van der Waals surface area contributed by atoms with E-state index < -0.39 is 0 Å². The Balaban J connectivity index is 2.15. The van der Waals surface area contributed by atoms with Crippen molar-refractivity contribution in [3.63, 3.8) is 0 Å². The molecule has 0 aliphatic heterocycles. The topological polar surface area (TPSA) is 60.2 Å². The summed E-state index contributed by atoms with van der Waals surface area (Å²) in [6.07, 6.45) is 0. The second-order valence-electron chi connectivity index (χ2n) is 5.25. The Bertz CT molecular complexity index is 611. The van der Waals surface area contributed by atoms with E-state index in [0.29, 0.717) is 17.8 Å². The molecule has 1 heterocycles. The fraction of sp³-hybridized carbons (Fsp3) is 0.467. The minimum atomic E-state index is 0.276. The first-order valence-electron chi connectivity index (χ1n) is 6.90. The van der Waals surface area contributed by atoms with Crippen molar-refractivity contribution >= 4 is 15.9 Å². The Hall–Kier alpha value is -1.40. The fourth-order valence-corrected chi connectivity index (χ4v) is 2.60. The van der Waals surface area contributed by atoms with Crippen LogP contribution < -0.4 is 10.1 Å². The lowest BCUT2D eigenvalue weighted by molar-refractivity contribution is 0.256. The third kappa shape index (κ3) is 4.54. The predicted molar refractivity (Wildman–Crippen MR) is 84.2 cm³/mol. The van der Waals surface area contributed by atoms with Crippen molar-refractivity contribution in [1.82, 2.24) is 15.5 Å². The Morgan fingerprint density at radius 2 is 2.05 bits per heavy atom. The predicted octanol–water partition coefficient (Wildman–Crippen LogP) is 3.53. The second-order valence-corrected chi connectivity index (χ2v) is 6.17. The van der Waals surface area contributed by atoms with Gasteiger partial charge in [-0.3, -0.25) is 0 Å². The van der Waals surface area contributed by atoms with Gasteiger partial charge in [-0.15, -0.1) is 10.2 Å². The van der Waals surface area contributed by atoms with Gasteiger partial charge in [0.25, 0.3) is 5.89 Å². The van der Waals surface area contributed by atoms with Crippen molar-refractivity contribution in [2.75, 3.05) is 0 Å². The van der Waals surface area contributed by atoms with E-state index in [4.69, 9.17) is 9.15 Å². The van der Waals surface area contributed by atoms with Crippen LogP contribution in [-0.4, -0.2) is 16.2 Å². The molecule has 5 nitrogen and oxygen atoms in total. The van der Waals surface area contributed by atoms with Gasteiger partial charge in [-0.1, -0.05) is 29.8 Å². The molecule has 0 saturated heterocycles. The summed E-state index contributed by atoms with van der Waals surface area (Å²) < 4.78 is 12.3. The van der Waals surface area contributed by atoms with Crippen molar-refractivity contribution in [2.24, 2.45) is 0 Å². The molecule has 0 aliphatic carbocycles. The average molecular weight is 354 g/mol. The fourth-order valence-electron chi connectivity index (χ4n) is 1.98. The van der Waals surface area contributed by atoms with Crippen LogP contribution in [0.4, 0.5) is 0 Å². The van der Waals surface area contributed by atoms with E-state index in [2.05, 4.69) is 51.4 Å². The van der Waals surface area contributed by atoms with Crippen LogP contribution in [0, 0.1) is 13.8 Å². The first-order chi connectivity index (χ1) is 9.95. The molecule has 0 fully saturated rings. The van der Waals surface area contributed by atoms with Gasteiger partial charge >= 0.3 is 0 Å². The van der Waals surface area contributed by atoms with E-state index in [1.165, 1.54) is 0 Å². The lowest BCUT2D eigenvalue weighted by Gasteiger charge is -2.16. The van der Waals surface area contributed by atoms with E-state index in [1.807, 2.05) is 13.0 Å². The van der Waals surface area contributed by atoms with E-state index in [1.54, 1.807) is 6.92 Å². The highest BCUT2D eigenvalue weighted by Gasteiger charge is 2.11. The SMILES string of the molecule is Cc1nnc(COc2c(C)cc(Br)cc2CNC(C)C)o1. The van der Waals surface area contributed by atoms with Crippen molar-refractivity contribution in [2.45, 2.75) is 46.9 Å². The highest BCUT2D eigenvalue weighted by molar-refractivity contribution is 9.10. The number of ether oxygens (including phenoxy) is 1. The maximum absolute atomic E-state index is 5.90. The molecule has 0 amide bonds. The van der Waals surface area contributed by atoms with E-state index in [9.17, 15) is 0 Å². The first kappa shape index (κ1) is 16.0. The molecule has 0 unspecified atom stereocenters. The molecule has 2 rings (SSSR count). The number of nitrogens with one attached hydrogen (secondary N) is 1. The number of nitrogens with zero attached hydrogens (tertiary/aromatic N) is 2. The standard InChI is InChI=1S/C15H20BrN3O2/c1-9(2)17-7-12-6-13(16)5-10(3)15(12)20-8-14-19-18-11(4)21-14/h5-6,9,17H,7-8H2,1-4H3. The van der Waals surface area contributed by atoms with Gasteiger partial charge in [-0.05, 0) is 24.6 Å². The van der Waals surface area contributed by atoms with Crippen LogP contribution in [0.15, 0.2) is 21.0 Å². The summed E-state index contributed by atoms with van der Waals surface area (Å²) >= 11 is 3.53. The van der Waals surface area contributed by atoms with Crippen LogP contribution in [-0.2, 0) is 13.2 Å². The number of aromatic nitrogens is 2. The summed E-state index contributed by atoms with van der Waals surface area (Å²) in [4.78, 5) is 0. The van der Waals surface area contributed by atoms with Gasteiger partial charge in [-0.25, -0.2) is 0 Å². The number of aryl methyl sites for hydroxylation is 2. The Morgan fingerprint density at radius 1 is 1.29 bits per heavy atom. The number of hydrogen-bond acceptors (Lipinski definition) is 5. The van der Waals surface area contributed by atoms with Crippen LogP contribution in [0.25, 0.3) is 0 Å². The molecule has 0 bridgehead atoms. The van der Waals surface area contributed by atoms with Crippen molar-refractivity contribution in [3.05, 3.63) is 39.5 Å². The van der Waals surface area contributed by atoms with Gasteiger partial charge in [0, 0.05) is 29.5 Å². The smallest absolute Gasteiger partial charge is 0.253 e. The molecule has 0 spiro atoms. The van der Waals surface area contributed by atoms with Gasteiger partial charge in [0.15, 0.2) is 6.61 Å². The summed E-state index contributed by atoms with van der Waals surface area (Å²) in [5.74, 6) is 1.89. The second kappa shape index (κ2) is 7.04. The third-order valence-electron chi connectivity index (χ3n) is 2.92. The van der Waals surface area contributed by atoms with Gasteiger partial charge in [0.1, 0.15) is 5.75 Å². The zero-order chi connectivity index (χ0) is 15.4. The minimum Gasteiger partial charge on any atom is -0.483 e. The molecular formula is C15H20BrN3O2. The van der Waals surface area contributed by atoms with Gasteiger partial charge < -0.3 is 14.5 Å². The summed E-state index contributed by atoms with van der Waals surface area (Å²) in [5.41, 5.74) is 2.17. The maximum Gasteiger partial charge on any atom is 0.253 e. The average Bonchev–Trinajstić information content (AvgIpc) is 2.80. The third-order valence-corrected chi connectivity index (χ3v) is 3.38. The highest BCUT2D eigenvalue weighted by atomic mass is 79.9. The maximum atomic E-state index is 5.90. The molecule has 114 valence electrons. The van der Waals surface area contributed by atoms with E-state index in [0.717, 1.165) is 27.9 Å². The molecule has 0 atom stereocenters. The Morgan fingerprint density at radius 3 is 2.67 bits per heavy atom. The minimum absolute atomic E-state index is 0.276. The first-order valence-corrected chi connectivity index (χ1v) is 7.69. The molecule has 0 radical (unpaired) electrons. The van der Waals surface area contributed by atoms with Crippen molar-refractivity contribution in [3.8, 4) is 5.75 Å². The number of benzene rings is 1. The van der Waals surface area contributed by atoms with Crippen LogP contribution in [0.5, 0.6) is 5.75 Å². The summed E-state index contributed by atoms with van der Waals surface area (Å²) in [5, 5.41) is 11.2. The van der Waals surface area contributed by atoms with Crippen LogP contribution >= 0.6 is 15.9 Å². The number of rotatable bonds is 6. The Labute approximate surface area is 133 Å². The summed E-state index contributed by atoms with van der Waals surface area (Å²) in [6.45, 7) is 9.05. The van der Waals surface area contributed by atoms with Crippen LogP contribution in [0.2, 0.25) is 0 Å². The van der Waals surface area contributed by atoms with Crippen LogP contribution in [0.3, 0.4) is 0 Å². The van der Waals surface area contributed by atoms with Gasteiger partial charge in [0.05, 0.1) is 0 Å². The number of hydrogen-bond donors (Lipinski definition) is 1. The van der Waals surface area contributed by atoms with E-state index in [-0.39, 0.29) is 6.61 Å². The van der Waals surface area contributed by atoms with Crippen molar-refractivity contribution < 1.29 is 9.15 Å². The molecule has 0 saturated carbocycles. The lowest BCUT2D eigenvalue weighted by atomic mass is 10.1. The van der Waals surface area contributed by atoms with Crippen LogP contribution in [0.1, 0.15) is 36.8 Å². The molecule has 6 heteroatoms. The molecule has 1 aromatic carbocycles. The largest absolute Gasteiger partial charge is 0.483 e.